The first kappa shape index (κ1) is 11.5. The van der Waals surface area contributed by atoms with Crippen molar-refractivity contribution in [3.8, 4) is 11.4 Å². The fraction of sp³-hybridized carbons (Fsp3) is 0.200. The number of amides is 1. The molecule has 0 aliphatic heterocycles. The smallest absolute Gasteiger partial charge is 0.239 e. The van der Waals surface area contributed by atoms with Gasteiger partial charge in [-0.05, 0) is 17.3 Å². The number of aryl methyl sites for hydroxylation is 1. The van der Waals surface area contributed by atoms with Crippen LogP contribution in [0, 0.1) is 0 Å². The Labute approximate surface area is 103 Å². The molecule has 0 unspecified atom stereocenters. The fourth-order valence-corrected chi connectivity index (χ4v) is 1.40. The lowest BCUT2D eigenvalue weighted by molar-refractivity contribution is -0.113. The Balaban J connectivity index is 2.25. The van der Waals surface area contributed by atoms with E-state index in [0.29, 0.717) is 11.5 Å². The molecule has 1 aromatic heterocycles. The van der Waals surface area contributed by atoms with Crippen molar-refractivity contribution in [2.75, 3.05) is 11.2 Å². The lowest BCUT2D eigenvalue weighted by Crippen LogP contribution is -2.12. The van der Waals surface area contributed by atoms with E-state index in [-0.39, 0.29) is 11.8 Å². The van der Waals surface area contributed by atoms with Gasteiger partial charge in [0.2, 0.25) is 11.7 Å². The average Bonchev–Trinajstić information content (AvgIpc) is 2.76. The zero-order chi connectivity index (χ0) is 12.3. The van der Waals surface area contributed by atoms with E-state index in [0.717, 1.165) is 5.56 Å². The van der Waals surface area contributed by atoms with Gasteiger partial charge in [0.15, 0.2) is 0 Å². The molecule has 0 aliphatic rings. The first-order valence-electron chi connectivity index (χ1n) is 4.89. The molecule has 0 radical (unpaired) electrons. The molecule has 2 rings (SSSR count). The van der Waals surface area contributed by atoms with Gasteiger partial charge in [0.25, 0.3) is 0 Å². The number of aromatic nitrogens is 4. The van der Waals surface area contributed by atoms with Crippen LogP contribution in [0.5, 0.6) is 0 Å². The van der Waals surface area contributed by atoms with Crippen LogP contribution in [0.4, 0.5) is 5.69 Å². The molecule has 0 bridgehead atoms. The van der Waals surface area contributed by atoms with Gasteiger partial charge in [-0.1, -0.05) is 12.1 Å². The number of carbonyl (C=O) groups excluding carboxylic acids is 1. The Bertz CT molecular complexity index is 539. The molecule has 1 aromatic carbocycles. The van der Waals surface area contributed by atoms with Gasteiger partial charge in [-0.3, -0.25) is 4.79 Å². The minimum absolute atomic E-state index is 0.0758. The molecule has 1 heterocycles. The maximum Gasteiger partial charge on any atom is 0.239 e. The summed E-state index contributed by atoms with van der Waals surface area (Å²) in [7, 11) is 1.69. The van der Waals surface area contributed by atoms with Gasteiger partial charge in [0.1, 0.15) is 5.88 Å². The van der Waals surface area contributed by atoms with E-state index in [9.17, 15) is 4.79 Å². The number of rotatable bonds is 3. The number of nitrogens with zero attached hydrogens (tertiary/aromatic N) is 4. The molecule has 0 saturated heterocycles. The number of benzene rings is 1. The topological polar surface area (TPSA) is 72.7 Å². The first-order valence-corrected chi connectivity index (χ1v) is 5.43. The predicted molar refractivity (Wildman–Crippen MR) is 63.6 cm³/mol. The Morgan fingerprint density at radius 2 is 2.35 bits per heavy atom. The van der Waals surface area contributed by atoms with Crippen LogP contribution in [-0.2, 0) is 11.8 Å². The third-order valence-corrected chi connectivity index (χ3v) is 2.28. The van der Waals surface area contributed by atoms with E-state index in [1.54, 1.807) is 25.2 Å². The summed E-state index contributed by atoms with van der Waals surface area (Å²) >= 11 is 5.41. The number of carbonyl (C=O) groups is 1. The van der Waals surface area contributed by atoms with Crippen LogP contribution in [0.1, 0.15) is 0 Å². The summed E-state index contributed by atoms with van der Waals surface area (Å²) in [5.74, 6) is 0.179. The molecule has 2 aromatic rings. The lowest BCUT2D eigenvalue weighted by atomic mass is 10.2. The number of hydrogen-bond donors (Lipinski definition) is 1. The number of nitrogens with one attached hydrogen (secondary N) is 1. The predicted octanol–water partition coefficient (Wildman–Crippen LogP) is 1.05. The third-order valence-electron chi connectivity index (χ3n) is 2.03. The minimum Gasteiger partial charge on any atom is -0.325 e. The largest absolute Gasteiger partial charge is 0.325 e. The highest BCUT2D eigenvalue weighted by Gasteiger charge is 2.06. The van der Waals surface area contributed by atoms with Gasteiger partial charge in [0.05, 0.1) is 7.05 Å². The van der Waals surface area contributed by atoms with Gasteiger partial charge in [-0.25, -0.2) is 0 Å². The standard InChI is InChI=1S/C10H10ClN5O/c1-16-14-10(13-15-16)7-3-2-4-8(5-7)12-9(17)6-11/h2-5H,6H2,1H3,(H,12,17). The summed E-state index contributed by atoms with van der Waals surface area (Å²) in [5.41, 5.74) is 1.44. The summed E-state index contributed by atoms with van der Waals surface area (Å²) in [6, 6.07) is 7.18. The molecule has 0 spiro atoms. The molecule has 7 heteroatoms. The highest BCUT2D eigenvalue weighted by Crippen LogP contribution is 2.18. The highest BCUT2D eigenvalue weighted by atomic mass is 35.5. The van der Waals surface area contributed by atoms with Crippen molar-refractivity contribution >= 4 is 23.2 Å². The number of anilines is 1. The van der Waals surface area contributed by atoms with Crippen molar-refractivity contribution in [1.29, 1.82) is 0 Å². The zero-order valence-electron chi connectivity index (χ0n) is 9.09. The quantitative estimate of drug-likeness (QED) is 0.828. The lowest BCUT2D eigenvalue weighted by Gasteiger charge is -2.03. The summed E-state index contributed by atoms with van der Waals surface area (Å²) in [6.07, 6.45) is 0. The number of tetrazole rings is 1. The molecule has 0 aliphatic carbocycles. The van der Waals surface area contributed by atoms with Gasteiger partial charge in [-0.2, -0.15) is 4.80 Å². The van der Waals surface area contributed by atoms with Crippen LogP contribution in [0.3, 0.4) is 0 Å². The van der Waals surface area contributed by atoms with Crippen molar-refractivity contribution in [3.05, 3.63) is 24.3 Å². The second kappa shape index (κ2) is 4.92. The molecule has 1 amide bonds. The molecule has 6 nitrogen and oxygen atoms in total. The Kier molecular flexibility index (Phi) is 3.34. The number of hydrogen-bond acceptors (Lipinski definition) is 4. The molecule has 0 saturated carbocycles. The summed E-state index contributed by atoms with van der Waals surface area (Å²) < 4.78 is 0. The molecular weight excluding hydrogens is 242 g/mol. The zero-order valence-corrected chi connectivity index (χ0v) is 9.85. The van der Waals surface area contributed by atoms with Crippen LogP contribution < -0.4 is 5.32 Å². The van der Waals surface area contributed by atoms with Crippen LogP contribution in [0.2, 0.25) is 0 Å². The van der Waals surface area contributed by atoms with Crippen LogP contribution >= 0.6 is 11.6 Å². The molecule has 0 atom stereocenters. The number of alkyl halides is 1. The van der Waals surface area contributed by atoms with E-state index in [4.69, 9.17) is 11.6 Å². The van der Waals surface area contributed by atoms with Crippen LogP contribution in [-0.4, -0.2) is 32.0 Å². The van der Waals surface area contributed by atoms with E-state index >= 15 is 0 Å². The molecular formula is C10H10ClN5O. The second-order valence-electron chi connectivity index (χ2n) is 3.37. The van der Waals surface area contributed by atoms with Gasteiger partial charge in [0, 0.05) is 11.3 Å². The van der Waals surface area contributed by atoms with E-state index in [1.807, 2.05) is 6.07 Å². The summed E-state index contributed by atoms with van der Waals surface area (Å²) in [5, 5.41) is 14.4. The minimum atomic E-state index is -0.254. The van der Waals surface area contributed by atoms with E-state index in [2.05, 4.69) is 20.7 Å². The summed E-state index contributed by atoms with van der Waals surface area (Å²) in [6.45, 7) is 0. The van der Waals surface area contributed by atoms with Crippen LogP contribution in [0.25, 0.3) is 11.4 Å². The Morgan fingerprint density at radius 1 is 1.53 bits per heavy atom. The Hall–Kier alpha value is -1.95. The fourth-order valence-electron chi connectivity index (χ4n) is 1.33. The highest BCUT2D eigenvalue weighted by molar-refractivity contribution is 6.29. The van der Waals surface area contributed by atoms with Gasteiger partial charge in [-0.15, -0.1) is 21.8 Å². The summed E-state index contributed by atoms with van der Waals surface area (Å²) in [4.78, 5) is 12.5. The Morgan fingerprint density at radius 3 is 3.00 bits per heavy atom. The normalized spacial score (nSPS) is 10.2. The first-order chi connectivity index (χ1) is 8.19. The average molecular weight is 252 g/mol. The van der Waals surface area contributed by atoms with E-state index in [1.165, 1.54) is 4.80 Å². The van der Waals surface area contributed by atoms with Crippen molar-refractivity contribution < 1.29 is 4.79 Å². The molecule has 1 N–H and O–H groups in total. The van der Waals surface area contributed by atoms with Crippen molar-refractivity contribution in [2.45, 2.75) is 0 Å². The van der Waals surface area contributed by atoms with Crippen molar-refractivity contribution in [2.24, 2.45) is 7.05 Å². The third kappa shape index (κ3) is 2.79. The van der Waals surface area contributed by atoms with Crippen molar-refractivity contribution in [3.63, 3.8) is 0 Å². The second-order valence-corrected chi connectivity index (χ2v) is 3.63. The maximum absolute atomic E-state index is 11.1. The monoisotopic (exact) mass is 251 g/mol. The molecule has 17 heavy (non-hydrogen) atoms. The van der Waals surface area contributed by atoms with Crippen molar-refractivity contribution in [1.82, 2.24) is 20.2 Å². The van der Waals surface area contributed by atoms with Gasteiger partial charge >= 0.3 is 0 Å². The van der Waals surface area contributed by atoms with Gasteiger partial charge < -0.3 is 5.32 Å². The maximum atomic E-state index is 11.1. The number of halogens is 1. The SMILES string of the molecule is Cn1nnc(-c2cccc(NC(=O)CCl)c2)n1. The molecule has 88 valence electrons. The van der Waals surface area contributed by atoms with Crippen LogP contribution in [0.15, 0.2) is 24.3 Å². The van der Waals surface area contributed by atoms with E-state index < -0.39 is 0 Å². The molecule has 0 fully saturated rings.